The molecule has 1 aromatic carbocycles. The predicted molar refractivity (Wildman–Crippen MR) is 59.6 cm³/mol. The summed E-state index contributed by atoms with van der Waals surface area (Å²) in [5, 5.41) is 0. The van der Waals surface area contributed by atoms with Crippen molar-refractivity contribution in [3.05, 3.63) is 29.3 Å². The number of hydrogen-bond acceptors (Lipinski definition) is 2. The normalized spacial score (nSPS) is 21.8. The van der Waals surface area contributed by atoms with E-state index in [1.807, 2.05) is 12.1 Å². The first-order valence-electron chi connectivity index (χ1n) is 5.50. The Hall–Kier alpha value is -1.31. The number of benzene rings is 1. The first-order valence-corrected chi connectivity index (χ1v) is 5.50. The summed E-state index contributed by atoms with van der Waals surface area (Å²) < 4.78 is 5.46. The van der Waals surface area contributed by atoms with E-state index in [1.54, 1.807) is 0 Å². The standard InChI is InChI=1S/C13H14O2.H2/c1-13(5-6-13)9-2-3-12-10(8-9)11(14)4-7-15-12;/h2-3,8H,4-7H2,1H3;1H. The van der Waals surface area contributed by atoms with E-state index in [9.17, 15) is 4.79 Å². The van der Waals surface area contributed by atoms with Crippen molar-refractivity contribution in [2.45, 2.75) is 31.6 Å². The number of ether oxygens (including phenoxy) is 1. The fraction of sp³-hybridized carbons (Fsp3) is 0.462. The van der Waals surface area contributed by atoms with Crippen LogP contribution in [0.2, 0.25) is 0 Å². The molecule has 3 rings (SSSR count). The predicted octanol–water partition coefficient (Wildman–Crippen LogP) is 2.95. The molecule has 15 heavy (non-hydrogen) atoms. The molecule has 2 aliphatic rings. The van der Waals surface area contributed by atoms with Gasteiger partial charge in [0, 0.05) is 7.85 Å². The van der Waals surface area contributed by atoms with Gasteiger partial charge in [0.1, 0.15) is 5.75 Å². The second-order valence-electron chi connectivity index (χ2n) is 4.79. The molecule has 0 bridgehead atoms. The fourth-order valence-corrected chi connectivity index (χ4v) is 2.11. The van der Waals surface area contributed by atoms with Gasteiger partial charge in [0.15, 0.2) is 5.78 Å². The van der Waals surface area contributed by atoms with Crippen molar-refractivity contribution in [2.75, 3.05) is 6.61 Å². The van der Waals surface area contributed by atoms with Crippen molar-refractivity contribution in [2.24, 2.45) is 0 Å². The Morgan fingerprint density at radius 2 is 2.20 bits per heavy atom. The van der Waals surface area contributed by atoms with Crippen LogP contribution >= 0.6 is 0 Å². The van der Waals surface area contributed by atoms with Crippen molar-refractivity contribution >= 4 is 5.78 Å². The van der Waals surface area contributed by atoms with Gasteiger partial charge in [0.05, 0.1) is 12.2 Å². The molecule has 0 atom stereocenters. The Bertz CT molecular complexity index is 436. The minimum absolute atomic E-state index is 0. The number of Topliss-reactive ketones (excluding diaryl/α,β-unsaturated/α-hetero) is 1. The second kappa shape index (κ2) is 2.84. The van der Waals surface area contributed by atoms with E-state index in [2.05, 4.69) is 13.0 Å². The molecule has 0 spiro atoms. The summed E-state index contributed by atoms with van der Waals surface area (Å²) >= 11 is 0. The molecule has 1 aromatic rings. The average Bonchev–Trinajstić information content (AvgIpc) is 2.98. The summed E-state index contributed by atoms with van der Waals surface area (Å²) in [6.07, 6.45) is 2.99. The quantitative estimate of drug-likeness (QED) is 0.703. The molecule has 2 heteroatoms. The van der Waals surface area contributed by atoms with Gasteiger partial charge >= 0.3 is 0 Å². The maximum absolute atomic E-state index is 11.7. The van der Waals surface area contributed by atoms with Gasteiger partial charge in [-0.3, -0.25) is 4.79 Å². The Morgan fingerprint density at radius 3 is 2.93 bits per heavy atom. The van der Waals surface area contributed by atoms with Gasteiger partial charge in [-0.05, 0) is 36.0 Å². The molecule has 0 radical (unpaired) electrons. The zero-order valence-electron chi connectivity index (χ0n) is 8.88. The fourth-order valence-electron chi connectivity index (χ4n) is 2.11. The van der Waals surface area contributed by atoms with Gasteiger partial charge in [0.25, 0.3) is 0 Å². The summed E-state index contributed by atoms with van der Waals surface area (Å²) in [6.45, 7) is 2.78. The van der Waals surface area contributed by atoms with Crippen LogP contribution in [0, 0.1) is 0 Å². The number of carbonyl (C=O) groups is 1. The lowest BCUT2D eigenvalue weighted by Crippen LogP contribution is -2.16. The highest BCUT2D eigenvalue weighted by molar-refractivity contribution is 5.99. The molecular formula is C13H16O2. The van der Waals surface area contributed by atoms with Crippen LogP contribution in [0.1, 0.15) is 43.5 Å². The zero-order chi connectivity index (χ0) is 10.5. The maximum atomic E-state index is 11.7. The number of rotatable bonds is 1. The van der Waals surface area contributed by atoms with Gasteiger partial charge in [-0.25, -0.2) is 0 Å². The topological polar surface area (TPSA) is 26.3 Å². The van der Waals surface area contributed by atoms with Crippen molar-refractivity contribution in [3.63, 3.8) is 0 Å². The SMILES string of the molecule is CC1(c2ccc3c(c2)C(=O)CCO3)CC1.[HH]. The van der Waals surface area contributed by atoms with Gasteiger partial charge in [-0.2, -0.15) is 0 Å². The molecule has 80 valence electrons. The van der Waals surface area contributed by atoms with Gasteiger partial charge in [0.2, 0.25) is 0 Å². The highest BCUT2D eigenvalue weighted by atomic mass is 16.5. The Balaban J connectivity index is 0.000000963. The lowest BCUT2D eigenvalue weighted by atomic mass is 9.93. The van der Waals surface area contributed by atoms with Crippen LogP contribution in [0.15, 0.2) is 18.2 Å². The number of carbonyl (C=O) groups excluding carboxylic acids is 1. The Morgan fingerprint density at radius 1 is 1.40 bits per heavy atom. The van der Waals surface area contributed by atoms with E-state index in [4.69, 9.17) is 4.74 Å². The monoisotopic (exact) mass is 204 g/mol. The minimum Gasteiger partial charge on any atom is -0.492 e. The molecule has 1 aliphatic heterocycles. The third-order valence-corrected chi connectivity index (χ3v) is 3.56. The third kappa shape index (κ3) is 1.36. The molecular weight excluding hydrogens is 188 g/mol. The summed E-state index contributed by atoms with van der Waals surface area (Å²) in [5.41, 5.74) is 2.40. The van der Waals surface area contributed by atoms with Crippen molar-refractivity contribution in [1.82, 2.24) is 0 Å². The lowest BCUT2D eigenvalue weighted by molar-refractivity contribution is 0.0933. The highest BCUT2D eigenvalue weighted by Crippen LogP contribution is 2.48. The van der Waals surface area contributed by atoms with E-state index in [1.165, 1.54) is 18.4 Å². The molecule has 1 aliphatic carbocycles. The lowest BCUT2D eigenvalue weighted by Gasteiger charge is -2.18. The van der Waals surface area contributed by atoms with E-state index in [-0.39, 0.29) is 7.21 Å². The van der Waals surface area contributed by atoms with E-state index in [0.29, 0.717) is 18.4 Å². The van der Waals surface area contributed by atoms with Crippen LogP contribution in [0.3, 0.4) is 0 Å². The summed E-state index contributed by atoms with van der Waals surface area (Å²) in [5.74, 6) is 0.988. The van der Waals surface area contributed by atoms with Crippen LogP contribution in [-0.4, -0.2) is 12.4 Å². The number of fused-ring (bicyclic) bond motifs is 1. The number of hydrogen-bond donors (Lipinski definition) is 0. The van der Waals surface area contributed by atoms with Crippen LogP contribution in [0.4, 0.5) is 0 Å². The molecule has 0 N–H and O–H groups in total. The van der Waals surface area contributed by atoms with Crippen LogP contribution in [-0.2, 0) is 5.41 Å². The van der Waals surface area contributed by atoms with E-state index >= 15 is 0 Å². The molecule has 2 nitrogen and oxygen atoms in total. The second-order valence-corrected chi connectivity index (χ2v) is 4.79. The van der Waals surface area contributed by atoms with E-state index < -0.39 is 0 Å². The smallest absolute Gasteiger partial charge is 0.170 e. The molecule has 0 unspecified atom stereocenters. The van der Waals surface area contributed by atoms with Crippen LogP contribution < -0.4 is 4.74 Å². The van der Waals surface area contributed by atoms with Gasteiger partial charge in [-0.1, -0.05) is 13.0 Å². The number of ketones is 1. The van der Waals surface area contributed by atoms with Crippen molar-refractivity contribution in [3.8, 4) is 5.75 Å². The minimum atomic E-state index is 0. The summed E-state index contributed by atoms with van der Waals surface area (Å²) in [7, 11) is 0. The van der Waals surface area contributed by atoms with Crippen LogP contribution in [0.5, 0.6) is 5.75 Å². The molecule has 1 heterocycles. The zero-order valence-corrected chi connectivity index (χ0v) is 8.88. The van der Waals surface area contributed by atoms with Gasteiger partial charge in [-0.15, -0.1) is 0 Å². The Labute approximate surface area is 90.7 Å². The molecule has 0 aromatic heterocycles. The van der Waals surface area contributed by atoms with E-state index in [0.717, 1.165) is 11.3 Å². The third-order valence-electron chi connectivity index (χ3n) is 3.56. The first kappa shape index (κ1) is 8.96. The summed E-state index contributed by atoms with van der Waals surface area (Å²) in [4.78, 5) is 11.7. The van der Waals surface area contributed by atoms with Crippen molar-refractivity contribution in [1.29, 1.82) is 0 Å². The van der Waals surface area contributed by atoms with Gasteiger partial charge < -0.3 is 4.74 Å². The average molecular weight is 204 g/mol. The first-order chi connectivity index (χ1) is 7.19. The maximum Gasteiger partial charge on any atom is 0.170 e. The molecule has 0 amide bonds. The highest BCUT2D eigenvalue weighted by Gasteiger charge is 2.39. The molecule has 1 saturated carbocycles. The molecule has 0 saturated heterocycles. The summed E-state index contributed by atoms with van der Waals surface area (Å²) in [6, 6.07) is 6.08. The largest absolute Gasteiger partial charge is 0.492 e. The Kier molecular flexibility index (Phi) is 1.70. The van der Waals surface area contributed by atoms with Crippen molar-refractivity contribution < 1.29 is 11.0 Å². The van der Waals surface area contributed by atoms with Crippen LogP contribution in [0.25, 0.3) is 0 Å². The molecule has 1 fully saturated rings.